The third-order valence-corrected chi connectivity index (χ3v) is 5.18. The van der Waals surface area contributed by atoms with Crippen molar-refractivity contribution in [1.29, 1.82) is 0 Å². The molecule has 4 rings (SSSR count). The summed E-state index contributed by atoms with van der Waals surface area (Å²) in [7, 11) is 1.95. The summed E-state index contributed by atoms with van der Waals surface area (Å²) in [4.78, 5) is 7.33. The Bertz CT molecular complexity index is 934. The van der Waals surface area contributed by atoms with Crippen LogP contribution in [0, 0.1) is 12.7 Å². The molecule has 3 heterocycles. The highest BCUT2D eigenvalue weighted by Gasteiger charge is 2.27. The summed E-state index contributed by atoms with van der Waals surface area (Å²) in [6.45, 7) is 4.01. The molecule has 1 fully saturated rings. The lowest BCUT2D eigenvalue weighted by atomic mass is 10.0. The van der Waals surface area contributed by atoms with E-state index in [1.807, 2.05) is 30.9 Å². The fourth-order valence-corrected chi connectivity index (χ4v) is 4.06. The van der Waals surface area contributed by atoms with Gasteiger partial charge in [-0.3, -0.25) is 14.6 Å². The molecule has 5 heteroatoms. The predicted molar refractivity (Wildman–Crippen MR) is 104 cm³/mol. The van der Waals surface area contributed by atoms with E-state index in [0.717, 1.165) is 42.9 Å². The zero-order chi connectivity index (χ0) is 18.8. The minimum Gasteiger partial charge on any atom is -0.290 e. The summed E-state index contributed by atoms with van der Waals surface area (Å²) in [6.07, 6.45) is 7.04. The number of aryl methyl sites for hydroxylation is 2. The van der Waals surface area contributed by atoms with E-state index in [2.05, 4.69) is 28.3 Å². The number of aromatic nitrogens is 3. The molecule has 1 aromatic carbocycles. The average molecular weight is 364 g/mol. The van der Waals surface area contributed by atoms with Crippen molar-refractivity contribution in [1.82, 2.24) is 19.7 Å². The number of rotatable bonds is 5. The maximum Gasteiger partial charge on any atom is 0.123 e. The Labute approximate surface area is 159 Å². The van der Waals surface area contributed by atoms with Crippen LogP contribution in [-0.2, 0) is 20.0 Å². The maximum atomic E-state index is 13.5. The van der Waals surface area contributed by atoms with Gasteiger partial charge in [0.1, 0.15) is 5.82 Å². The van der Waals surface area contributed by atoms with Crippen molar-refractivity contribution in [3.63, 3.8) is 0 Å². The van der Waals surface area contributed by atoms with Gasteiger partial charge in [0.25, 0.3) is 0 Å². The lowest BCUT2D eigenvalue weighted by Gasteiger charge is -2.24. The molecule has 0 radical (unpaired) electrons. The Hall–Kier alpha value is -2.53. The highest BCUT2D eigenvalue weighted by Crippen LogP contribution is 2.33. The van der Waals surface area contributed by atoms with Crippen molar-refractivity contribution in [3.05, 3.63) is 82.7 Å². The van der Waals surface area contributed by atoms with Crippen LogP contribution in [0.1, 0.15) is 47.0 Å². The molecule has 4 nitrogen and oxygen atoms in total. The number of halogens is 1. The minimum absolute atomic E-state index is 0.183. The first-order valence-corrected chi connectivity index (χ1v) is 9.50. The fraction of sp³-hybridized carbons (Fsp3) is 0.364. The largest absolute Gasteiger partial charge is 0.290 e. The van der Waals surface area contributed by atoms with Gasteiger partial charge in [-0.05, 0) is 68.1 Å². The highest BCUT2D eigenvalue weighted by atomic mass is 19.1. The molecule has 0 N–H and O–H groups in total. The van der Waals surface area contributed by atoms with E-state index in [1.165, 1.54) is 23.6 Å². The Morgan fingerprint density at radius 3 is 2.81 bits per heavy atom. The Morgan fingerprint density at radius 2 is 2.04 bits per heavy atom. The molecule has 0 aliphatic carbocycles. The molecular weight excluding hydrogens is 339 g/mol. The van der Waals surface area contributed by atoms with Crippen molar-refractivity contribution in [2.45, 2.75) is 38.8 Å². The first-order valence-electron chi connectivity index (χ1n) is 9.50. The zero-order valence-corrected chi connectivity index (χ0v) is 15.9. The van der Waals surface area contributed by atoms with E-state index >= 15 is 0 Å². The molecule has 1 aliphatic rings. The van der Waals surface area contributed by atoms with Gasteiger partial charge in [0.2, 0.25) is 0 Å². The van der Waals surface area contributed by atoms with Gasteiger partial charge in [-0.25, -0.2) is 4.39 Å². The first-order chi connectivity index (χ1) is 13.1. The van der Waals surface area contributed by atoms with Crippen LogP contribution in [0.3, 0.4) is 0 Å². The van der Waals surface area contributed by atoms with Gasteiger partial charge < -0.3 is 0 Å². The van der Waals surface area contributed by atoms with Gasteiger partial charge >= 0.3 is 0 Å². The molecule has 0 bridgehead atoms. The van der Waals surface area contributed by atoms with Crippen LogP contribution < -0.4 is 0 Å². The molecule has 27 heavy (non-hydrogen) atoms. The van der Waals surface area contributed by atoms with Gasteiger partial charge in [-0.2, -0.15) is 5.10 Å². The quantitative estimate of drug-likeness (QED) is 0.681. The molecule has 140 valence electrons. The Morgan fingerprint density at radius 1 is 1.15 bits per heavy atom. The van der Waals surface area contributed by atoms with Gasteiger partial charge in [0.15, 0.2) is 0 Å². The average Bonchev–Trinajstić information content (AvgIpc) is 3.24. The van der Waals surface area contributed by atoms with Crippen LogP contribution in [0.2, 0.25) is 0 Å². The Kier molecular flexibility index (Phi) is 5.03. The van der Waals surface area contributed by atoms with Crippen molar-refractivity contribution in [2.24, 2.45) is 7.05 Å². The zero-order valence-electron chi connectivity index (χ0n) is 15.9. The monoisotopic (exact) mass is 364 g/mol. The van der Waals surface area contributed by atoms with E-state index < -0.39 is 0 Å². The first kappa shape index (κ1) is 17.9. The van der Waals surface area contributed by atoms with Crippen LogP contribution in [0.25, 0.3) is 0 Å². The molecule has 1 aliphatic heterocycles. The summed E-state index contributed by atoms with van der Waals surface area (Å²) in [5, 5.41) is 4.28. The van der Waals surface area contributed by atoms with Gasteiger partial charge in [-0.1, -0.05) is 12.1 Å². The SMILES string of the molecule is Cc1cc(Cc2cccc(F)c2)cc(C2CCCN2Cc2cnn(C)c2)n1. The normalized spacial score (nSPS) is 17.5. The number of pyridine rings is 1. The molecule has 2 aromatic heterocycles. The van der Waals surface area contributed by atoms with Crippen LogP contribution in [0.4, 0.5) is 4.39 Å². The van der Waals surface area contributed by atoms with E-state index in [9.17, 15) is 4.39 Å². The second-order valence-electron chi connectivity index (χ2n) is 7.50. The highest BCUT2D eigenvalue weighted by molar-refractivity contribution is 5.30. The second kappa shape index (κ2) is 7.61. The van der Waals surface area contributed by atoms with Crippen LogP contribution in [0.15, 0.2) is 48.8 Å². The summed E-state index contributed by atoms with van der Waals surface area (Å²) in [6, 6.07) is 11.5. The van der Waals surface area contributed by atoms with Crippen molar-refractivity contribution < 1.29 is 4.39 Å². The topological polar surface area (TPSA) is 34.0 Å². The smallest absolute Gasteiger partial charge is 0.123 e. The minimum atomic E-state index is -0.183. The second-order valence-corrected chi connectivity index (χ2v) is 7.50. The molecular formula is C22H25FN4. The van der Waals surface area contributed by atoms with Gasteiger partial charge in [0.05, 0.1) is 17.9 Å². The summed E-state index contributed by atoms with van der Waals surface area (Å²) >= 11 is 0. The standard InChI is InChI=1S/C22H25FN4/c1-16-9-18(10-17-5-3-6-20(23)11-17)12-21(25-16)22-7-4-8-27(22)15-19-13-24-26(2)14-19/h3,5-6,9,11-14,22H,4,7-8,10,15H2,1-2H3. The maximum absolute atomic E-state index is 13.5. The van der Waals surface area contributed by atoms with Crippen LogP contribution in [0.5, 0.6) is 0 Å². The molecule has 1 saturated heterocycles. The van der Waals surface area contributed by atoms with Crippen LogP contribution >= 0.6 is 0 Å². The number of benzene rings is 1. The lowest BCUT2D eigenvalue weighted by molar-refractivity contribution is 0.244. The molecule has 1 atom stereocenters. The van der Waals surface area contributed by atoms with E-state index in [-0.39, 0.29) is 5.82 Å². The van der Waals surface area contributed by atoms with Gasteiger partial charge in [0, 0.05) is 31.0 Å². The van der Waals surface area contributed by atoms with Crippen molar-refractivity contribution in [2.75, 3.05) is 6.54 Å². The number of likely N-dealkylation sites (tertiary alicyclic amines) is 1. The lowest BCUT2D eigenvalue weighted by Crippen LogP contribution is -2.23. The number of hydrogen-bond donors (Lipinski definition) is 0. The fourth-order valence-electron chi connectivity index (χ4n) is 4.06. The predicted octanol–water partition coefficient (Wildman–Crippen LogP) is 4.19. The van der Waals surface area contributed by atoms with Crippen LogP contribution in [-0.4, -0.2) is 26.2 Å². The van der Waals surface area contributed by atoms with E-state index in [0.29, 0.717) is 6.04 Å². The number of hydrogen-bond acceptors (Lipinski definition) is 3. The van der Waals surface area contributed by atoms with Crippen molar-refractivity contribution >= 4 is 0 Å². The molecule has 3 aromatic rings. The third-order valence-electron chi connectivity index (χ3n) is 5.18. The van der Waals surface area contributed by atoms with E-state index in [4.69, 9.17) is 4.98 Å². The van der Waals surface area contributed by atoms with E-state index in [1.54, 1.807) is 12.1 Å². The van der Waals surface area contributed by atoms with Gasteiger partial charge in [-0.15, -0.1) is 0 Å². The molecule has 1 unspecified atom stereocenters. The molecule has 0 spiro atoms. The molecule has 0 saturated carbocycles. The van der Waals surface area contributed by atoms with Crippen molar-refractivity contribution in [3.8, 4) is 0 Å². The molecule has 0 amide bonds. The third kappa shape index (κ3) is 4.25. The summed E-state index contributed by atoms with van der Waals surface area (Å²) in [5.41, 5.74) is 5.56. The Balaban J connectivity index is 1.56. The summed E-state index contributed by atoms with van der Waals surface area (Å²) in [5.74, 6) is -0.183. The number of nitrogens with zero attached hydrogens (tertiary/aromatic N) is 4. The summed E-state index contributed by atoms with van der Waals surface area (Å²) < 4.78 is 15.4.